The Balaban J connectivity index is 2.21. The number of benzene rings is 1. The van der Waals surface area contributed by atoms with E-state index in [1.807, 2.05) is 30.5 Å². The highest BCUT2D eigenvalue weighted by Crippen LogP contribution is 2.41. The van der Waals surface area contributed by atoms with Crippen LogP contribution < -0.4 is 15.8 Å². The van der Waals surface area contributed by atoms with E-state index in [1.165, 1.54) is 11.3 Å². The van der Waals surface area contributed by atoms with Gasteiger partial charge in [0.25, 0.3) is 0 Å². The van der Waals surface area contributed by atoms with Crippen molar-refractivity contribution >= 4 is 33.8 Å². The summed E-state index contributed by atoms with van der Waals surface area (Å²) in [4.78, 5) is 1.48. The maximum Gasteiger partial charge on any atom is 0.131 e. The van der Waals surface area contributed by atoms with Crippen LogP contribution in [0, 0.1) is 11.3 Å². The van der Waals surface area contributed by atoms with Crippen molar-refractivity contribution in [3.8, 4) is 11.8 Å². The first-order valence-electron chi connectivity index (χ1n) is 5.93. The Morgan fingerprint density at radius 2 is 2.20 bits per heavy atom. The molecular formula is C14H15N3OS2. The first-order chi connectivity index (χ1) is 9.71. The predicted octanol–water partition coefficient (Wildman–Crippen LogP) is 3.54. The number of hydrogen-bond acceptors (Lipinski definition) is 6. The van der Waals surface area contributed by atoms with E-state index in [1.54, 1.807) is 18.9 Å². The lowest BCUT2D eigenvalue weighted by Gasteiger charge is -2.10. The van der Waals surface area contributed by atoms with Crippen LogP contribution in [0.15, 0.2) is 29.2 Å². The van der Waals surface area contributed by atoms with Gasteiger partial charge >= 0.3 is 0 Å². The normalized spacial score (nSPS) is 10.1. The fourth-order valence-electron chi connectivity index (χ4n) is 1.86. The molecule has 4 nitrogen and oxygen atoms in total. The van der Waals surface area contributed by atoms with Gasteiger partial charge in [-0.05, 0) is 12.3 Å². The minimum Gasteiger partial charge on any atom is -0.496 e. The summed E-state index contributed by atoms with van der Waals surface area (Å²) in [5.41, 5.74) is 7.58. The molecule has 0 aliphatic carbocycles. The van der Waals surface area contributed by atoms with Gasteiger partial charge in [-0.15, -0.1) is 23.1 Å². The molecule has 1 heterocycles. The average molecular weight is 305 g/mol. The molecule has 0 amide bonds. The second-order valence-corrected chi connectivity index (χ2v) is 5.82. The van der Waals surface area contributed by atoms with Gasteiger partial charge in [0.2, 0.25) is 0 Å². The lowest BCUT2D eigenvalue weighted by molar-refractivity contribution is 0.410. The SMILES string of the molecule is COc1ccccc1CNc1sc(C#N)c(N)c1SC. The van der Waals surface area contributed by atoms with Crippen molar-refractivity contribution in [2.24, 2.45) is 0 Å². The number of rotatable bonds is 5. The van der Waals surface area contributed by atoms with E-state index in [0.29, 0.717) is 17.1 Å². The van der Waals surface area contributed by atoms with E-state index in [0.717, 1.165) is 21.2 Å². The van der Waals surface area contributed by atoms with Crippen molar-refractivity contribution in [2.45, 2.75) is 11.4 Å². The highest BCUT2D eigenvalue weighted by Gasteiger charge is 2.15. The molecule has 20 heavy (non-hydrogen) atoms. The summed E-state index contributed by atoms with van der Waals surface area (Å²) in [6, 6.07) is 9.97. The Kier molecular flexibility index (Phi) is 4.77. The third kappa shape index (κ3) is 2.84. The van der Waals surface area contributed by atoms with Gasteiger partial charge in [0.1, 0.15) is 21.7 Å². The van der Waals surface area contributed by atoms with Gasteiger partial charge in [-0.25, -0.2) is 0 Å². The van der Waals surface area contributed by atoms with Crippen molar-refractivity contribution in [1.82, 2.24) is 0 Å². The zero-order chi connectivity index (χ0) is 14.5. The molecule has 0 aliphatic heterocycles. The third-order valence-electron chi connectivity index (χ3n) is 2.84. The molecule has 2 aromatic rings. The van der Waals surface area contributed by atoms with E-state index in [4.69, 9.17) is 15.7 Å². The summed E-state index contributed by atoms with van der Waals surface area (Å²) in [7, 11) is 1.66. The van der Waals surface area contributed by atoms with E-state index >= 15 is 0 Å². The molecule has 0 fully saturated rings. The van der Waals surface area contributed by atoms with Crippen LogP contribution >= 0.6 is 23.1 Å². The molecule has 0 bridgehead atoms. The summed E-state index contributed by atoms with van der Waals surface area (Å²) in [5, 5.41) is 13.3. The van der Waals surface area contributed by atoms with E-state index in [-0.39, 0.29) is 0 Å². The molecular weight excluding hydrogens is 290 g/mol. The minimum atomic E-state index is 0.553. The molecule has 3 N–H and O–H groups in total. The zero-order valence-corrected chi connectivity index (χ0v) is 12.9. The van der Waals surface area contributed by atoms with Crippen LogP contribution in [0.3, 0.4) is 0 Å². The summed E-state index contributed by atoms with van der Waals surface area (Å²) in [6.07, 6.45) is 1.95. The number of thioether (sulfide) groups is 1. The molecule has 0 atom stereocenters. The van der Waals surface area contributed by atoms with Gasteiger partial charge in [-0.2, -0.15) is 5.26 Å². The topological polar surface area (TPSA) is 71.1 Å². The summed E-state index contributed by atoms with van der Waals surface area (Å²) < 4.78 is 5.32. The van der Waals surface area contributed by atoms with Crippen LogP contribution in [0.25, 0.3) is 0 Å². The number of nitrogens with zero attached hydrogens (tertiary/aromatic N) is 1. The summed E-state index contributed by atoms with van der Waals surface area (Å²) >= 11 is 2.93. The molecule has 0 saturated carbocycles. The highest BCUT2D eigenvalue weighted by atomic mass is 32.2. The van der Waals surface area contributed by atoms with Crippen LogP contribution in [0.1, 0.15) is 10.4 Å². The van der Waals surface area contributed by atoms with Crippen LogP contribution in [-0.2, 0) is 6.54 Å². The standard InChI is InChI=1S/C14H15N3OS2/c1-18-10-6-4-3-5-9(10)8-17-14-13(19-2)12(16)11(7-15)20-14/h3-6,17H,8,16H2,1-2H3. The first-order valence-corrected chi connectivity index (χ1v) is 7.97. The molecule has 2 rings (SSSR count). The van der Waals surface area contributed by atoms with E-state index < -0.39 is 0 Å². The number of methoxy groups -OCH3 is 1. The number of nitrogen functional groups attached to an aromatic ring is 1. The lowest BCUT2D eigenvalue weighted by Crippen LogP contribution is -2.01. The van der Waals surface area contributed by atoms with Crippen molar-refractivity contribution in [3.63, 3.8) is 0 Å². The molecule has 0 saturated heterocycles. The number of anilines is 2. The number of para-hydroxylation sites is 1. The Hall–Kier alpha value is -1.84. The molecule has 6 heteroatoms. The van der Waals surface area contributed by atoms with Crippen molar-refractivity contribution in [1.29, 1.82) is 5.26 Å². The quantitative estimate of drug-likeness (QED) is 0.827. The van der Waals surface area contributed by atoms with Crippen LogP contribution in [0.5, 0.6) is 5.75 Å². The first kappa shape index (κ1) is 14.6. The van der Waals surface area contributed by atoms with Gasteiger partial charge in [-0.3, -0.25) is 0 Å². The highest BCUT2D eigenvalue weighted by molar-refractivity contribution is 7.99. The average Bonchev–Trinajstić information content (AvgIpc) is 2.80. The largest absolute Gasteiger partial charge is 0.496 e. The summed E-state index contributed by atoms with van der Waals surface area (Å²) in [5.74, 6) is 0.843. The number of nitrogens with one attached hydrogen (secondary N) is 1. The third-order valence-corrected chi connectivity index (χ3v) is 4.87. The lowest BCUT2D eigenvalue weighted by atomic mass is 10.2. The summed E-state index contributed by atoms with van der Waals surface area (Å²) in [6.45, 7) is 0.627. The van der Waals surface area contributed by atoms with Crippen molar-refractivity contribution in [2.75, 3.05) is 24.4 Å². The Morgan fingerprint density at radius 3 is 2.85 bits per heavy atom. The predicted molar refractivity (Wildman–Crippen MR) is 85.5 cm³/mol. The Labute approximate surface area is 126 Å². The molecule has 1 aromatic carbocycles. The van der Waals surface area contributed by atoms with Gasteiger partial charge in [-0.1, -0.05) is 18.2 Å². The Morgan fingerprint density at radius 1 is 1.45 bits per heavy atom. The van der Waals surface area contributed by atoms with Crippen LogP contribution in [-0.4, -0.2) is 13.4 Å². The van der Waals surface area contributed by atoms with Gasteiger partial charge in [0.05, 0.1) is 17.7 Å². The van der Waals surface area contributed by atoms with E-state index in [9.17, 15) is 0 Å². The fraction of sp³-hybridized carbons (Fsp3) is 0.214. The monoisotopic (exact) mass is 305 g/mol. The molecule has 0 aliphatic rings. The minimum absolute atomic E-state index is 0.553. The molecule has 0 unspecified atom stereocenters. The van der Waals surface area contributed by atoms with Crippen LogP contribution in [0.4, 0.5) is 10.7 Å². The molecule has 104 valence electrons. The van der Waals surface area contributed by atoms with Crippen molar-refractivity contribution < 1.29 is 4.74 Å². The zero-order valence-electron chi connectivity index (χ0n) is 11.3. The number of hydrogen-bond donors (Lipinski definition) is 2. The molecule has 0 spiro atoms. The van der Waals surface area contributed by atoms with E-state index in [2.05, 4.69) is 11.4 Å². The maximum absolute atomic E-state index is 9.04. The van der Waals surface area contributed by atoms with Crippen molar-refractivity contribution in [3.05, 3.63) is 34.7 Å². The molecule has 1 aromatic heterocycles. The van der Waals surface area contributed by atoms with Gasteiger partial charge in [0, 0.05) is 12.1 Å². The number of nitrogens with two attached hydrogens (primary N) is 1. The van der Waals surface area contributed by atoms with Gasteiger partial charge in [0.15, 0.2) is 0 Å². The maximum atomic E-state index is 9.04. The second-order valence-electron chi connectivity index (χ2n) is 3.98. The number of thiophene rings is 1. The second kappa shape index (κ2) is 6.55. The number of nitriles is 1. The fourth-order valence-corrected chi connectivity index (χ4v) is 3.68. The van der Waals surface area contributed by atoms with Gasteiger partial charge < -0.3 is 15.8 Å². The Bertz CT molecular complexity index is 646. The smallest absolute Gasteiger partial charge is 0.131 e. The van der Waals surface area contributed by atoms with Crippen LogP contribution in [0.2, 0.25) is 0 Å². The molecule has 0 radical (unpaired) electrons. The number of ether oxygens (including phenoxy) is 1.